The Kier molecular flexibility index (Phi) is 35.3. The van der Waals surface area contributed by atoms with Crippen LogP contribution in [0.2, 0.25) is 0 Å². The molecule has 0 aliphatic carbocycles. The van der Waals surface area contributed by atoms with E-state index in [2.05, 4.69) is 0 Å². The molecule has 0 aromatic carbocycles. The van der Waals surface area contributed by atoms with E-state index in [1.165, 1.54) is 0 Å². The maximum atomic E-state index is 11.2. The van der Waals surface area contributed by atoms with E-state index in [0.717, 1.165) is 25.9 Å². The molecule has 1 fully saturated rings. The molecular formula is C32H62O15. The first kappa shape index (κ1) is 44.0. The molecule has 0 bridgehead atoms. The summed E-state index contributed by atoms with van der Waals surface area (Å²) >= 11 is 0. The zero-order valence-corrected chi connectivity index (χ0v) is 28.7. The number of esters is 1. The van der Waals surface area contributed by atoms with Crippen LogP contribution in [0.3, 0.4) is 0 Å². The molecule has 1 atom stereocenters. The lowest BCUT2D eigenvalue weighted by Gasteiger charge is -2.22. The Hall–Kier alpha value is -1.05. The fourth-order valence-corrected chi connectivity index (χ4v) is 3.77. The smallest absolute Gasteiger partial charge is 0.308 e. The fourth-order valence-electron chi connectivity index (χ4n) is 3.77. The minimum Gasteiger partial charge on any atom is -0.466 e. The van der Waals surface area contributed by atoms with E-state index in [1.807, 2.05) is 0 Å². The first-order valence-electron chi connectivity index (χ1n) is 17.1. The molecule has 15 nitrogen and oxygen atoms in total. The quantitative estimate of drug-likeness (QED) is 0.0685. The molecule has 1 saturated heterocycles. The van der Waals surface area contributed by atoms with Crippen molar-refractivity contribution in [3.63, 3.8) is 0 Å². The summed E-state index contributed by atoms with van der Waals surface area (Å²) in [5.74, 6) is -0.251. The van der Waals surface area contributed by atoms with Crippen molar-refractivity contribution in [2.75, 3.05) is 165 Å². The lowest BCUT2D eigenvalue weighted by molar-refractivity contribution is -0.169. The third-order valence-electron chi connectivity index (χ3n) is 6.15. The highest BCUT2D eigenvalue weighted by Crippen LogP contribution is 2.13. The second-order valence-corrected chi connectivity index (χ2v) is 9.96. The van der Waals surface area contributed by atoms with Crippen molar-refractivity contribution in [3.05, 3.63) is 0 Å². The van der Waals surface area contributed by atoms with Crippen molar-refractivity contribution >= 4 is 5.97 Å². The molecule has 0 aromatic rings. The Morgan fingerprint density at radius 1 is 0.468 bits per heavy atom. The normalized spacial score (nSPS) is 15.0. The van der Waals surface area contributed by atoms with Gasteiger partial charge in [0, 0.05) is 6.61 Å². The molecule has 280 valence electrons. The summed E-state index contributed by atoms with van der Waals surface area (Å²) in [6.45, 7) is 14.3. The molecule has 0 aromatic heterocycles. The van der Waals surface area contributed by atoms with E-state index in [0.29, 0.717) is 159 Å². The van der Waals surface area contributed by atoms with E-state index in [9.17, 15) is 4.79 Å². The van der Waals surface area contributed by atoms with Gasteiger partial charge in [-0.2, -0.15) is 0 Å². The topological polar surface area (TPSA) is 146 Å². The summed E-state index contributed by atoms with van der Waals surface area (Å²) in [6.07, 6.45) is 3.44. The minimum atomic E-state index is -0.251. The standard InChI is InChI=1S/C32H62O15/c1-2-45-31(33)6-8-34-9-10-35-11-12-36-13-14-37-15-16-38-17-18-39-19-20-40-21-22-41-23-24-42-25-26-43-27-28-44-29-30-47-32-5-3-4-7-46-32/h32H,2-30H2,1H3. The van der Waals surface area contributed by atoms with E-state index < -0.39 is 0 Å². The van der Waals surface area contributed by atoms with Crippen molar-refractivity contribution in [1.82, 2.24) is 0 Å². The van der Waals surface area contributed by atoms with Crippen LogP contribution in [-0.4, -0.2) is 177 Å². The number of hydrogen-bond donors (Lipinski definition) is 0. The van der Waals surface area contributed by atoms with Gasteiger partial charge in [-0.05, 0) is 26.2 Å². The van der Waals surface area contributed by atoms with Crippen molar-refractivity contribution in [1.29, 1.82) is 0 Å². The Morgan fingerprint density at radius 3 is 1.09 bits per heavy atom. The monoisotopic (exact) mass is 686 g/mol. The van der Waals surface area contributed by atoms with Gasteiger partial charge >= 0.3 is 5.97 Å². The molecule has 1 rings (SSSR count). The second-order valence-electron chi connectivity index (χ2n) is 9.96. The van der Waals surface area contributed by atoms with Crippen LogP contribution in [0.15, 0.2) is 0 Å². The van der Waals surface area contributed by atoms with Gasteiger partial charge in [0.25, 0.3) is 0 Å². The lowest BCUT2D eigenvalue weighted by atomic mass is 10.2. The fraction of sp³-hybridized carbons (Fsp3) is 0.969. The molecule has 1 aliphatic heterocycles. The summed E-state index contributed by atoms with van der Waals surface area (Å²) in [4.78, 5) is 11.2. The molecule has 0 radical (unpaired) electrons. The third-order valence-corrected chi connectivity index (χ3v) is 6.15. The minimum absolute atomic E-state index is 0.0690. The van der Waals surface area contributed by atoms with Crippen LogP contribution in [0.25, 0.3) is 0 Å². The molecule has 0 amide bonds. The largest absolute Gasteiger partial charge is 0.466 e. The molecule has 1 unspecified atom stereocenters. The summed E-state index contributed by atoms with van der Waals surface area (Å²) in [5.41, 5.74) is 0. The van der Waals surface area contributed by atoms with Crippen LogP contribution >= 0.6 is 0 Å². The number of carbonyl (C=O) groups excluding carboxylic acids is 1. The zero-order chi connectivity index (χ0) is 33.6. The molecule has 1 heterocycles. The van der Waals surface area contributed by atoms with E-state index in [1.54, 1.807) is 6.92 Å². The summed E-state index contributed by atoms with van der Waals surface area (Å²) in [6, 6.07) is 0. The van der Waals surface area contributed by atoms with Gasteiger partial charge in [0.05, 0.1) is 165 Å². The Morgan fingerprint density at radius 2 is 0.787 bits per heavy atom. The van der Waals surface area contributed by atoms with Crippen LogP contribution < -0.4 is 0 Å². The molecule has 0 N–H and O–H groups in total. The first-order chi connectivity index (χ1) is 23.3. The number of carbonyl (C=O) groups is 1. The van der Waals surface area contributed by atoms with Gasteiger partial charge in [0.15, 0.2) is 6.29 Å². The van der Waals surface area contributed by atoms with Crippen LogP contribution in [-0.2, 0) is 71.1 Å². The highest BCUT2D eigenvalue weighted by atomic mass is 16.7. The molecule has 15 heteroatoms. The molecule has 0 spiro atoms. The Labute approximate surface area is 281 Å². The maximum Gasteiger partial charge on any atom is 0.308 e. The predicted molar refractivity (Wildman–Crippen MR) is 170 cm³/mol. The van der Waals surface area contributed by atoms with Crippen LogP contribution in [0, 0.1) is 0 Å². The van der Waals surface area contributed by atoms with Gasteiger partial charge in [0.2, 0.25) is 0 Å². The van der Waals surface area contributed by atoms with Crippen molar-refractivity contribution < 1.29 is 71.1 Å². The summed E-state index contributed by atoms with van der Waals surface area (Å²) < 4.78 is 75.9. The Bertz CT molecular complexity index is 625. The summed E-state index contributed by atoms with van der Waals surface area (Å²) in [5, 5.41) is 0. The highest BCUT2D eigenvalue weighted by Gasteiger charge is 2.13. The predicted octanol–water partition coefficient (Wildman–Crippen LogP) is 1.67. The average Bonchev–Trinajstić information content (AvgIpc) is 3.08. The van der Waals surface area contributed by atoms with Gasteiger partial charge in [0.1, 0.15) is 0 Å². The third kappa shape index (κ3) is 34.6. The van der Waals surface area contributed by atoms with Crippen molar-refractivity contribution in [2.45, 2.75) is 38.9 Å². The molecule has 0 saturated carbocycles. The van der Waals surface area contributed by atoms with E-state index in [4.69, 9.17) is 66.3 Å². The first-order valence-corrected chi connectivity index (χ1v) is 17.1. The second kappa shape index (κ2) is 37.8. The average molecular weight is 687 g/mol. The Balaban J connectivity index is 1.60. The lowest BCUT2D eigenvalue weighted by Crippen LogP contribution is -2.24. The zero-order valence-electron chi connectivity index (χ0n) is 28.7. The van der Waals surface area contributed by atoms with Crippen LogP contribution in [0.5, 0.6) is 0 Å². The number of hydrogen-bond acceptors (Lipinski definition) is 15. The van der Waals surface area contributed by atoms with Gasteiger partial charge in [-0.15, -0.1) is 0 Å². The molecular weight excluding hydrogens is 624 g/mol. The highest BCUT2D eigenvalue weighted by molar-refractivity contribution is 5.69. The van der Waals surface area contributed by atoms with E-state index in [-0.39, 0.29) is 18.7 Å². The van der Waals surface area contributed by atoms with Gasteiger partial charge < -0.3 is 66.3 Å². The maximum absolute atomic E-state index is 11.2. The van der Waals surface area contributed by atoms with Crippen LogP contribution in [0.1, 0.15) is 32.6 Å². The van der Waals surface area contributed by atoms with E-state index >= 15 is 0 Å². The SMILES string of the molecule is CCOC(=O)CCOCCOCCOCCOCCOCCOCCOCCOCCOCCOCCOCCOC1CCCCO1. The molecule has 47 heavy (non-hydrogen) atoms. The van der Waals surface area contributed by atoms with Crippen molar-refractivity contribution in [2.24, 2.45) is 0 Å². The molecule has 1 aliphatic rings. The number of ether oxygens (including phenoxy) is 14. The van der Waals surface area contributed by atoms with Gasteiger partial charge in [-0.3, -0.25) is 4.79 Å². The summed E-state index contributed by atoms with van der Waals surface area (Å²) in [7, 11) is 0. The van der Waals surface area contributed by atoms with Crippen LogP contribution in [0.4, 0.5) is 0 Å². The number of rotatable bonds is 38. The van der Waals surface area contributed by atoms with Gasteiger partial charge in [-0.1, -0.05) is 0 Å². The van der Waals surface area contributed by atoms with Crippen molar-refractivity contribution in [3.8, 4) is 0 Å². The van der Waals surface area contributed by atoms with Gasteiger partial charge in [-0.25, -0.2) is 0 Å².